The SMILES string of the molecule is C[C@@H](OC(=O)C[C@@H]1C=CCC1)C(=O)Nc1ccc(Br)cc1F. The van der Waals surface area contributed by atoms with E-state index < -0.39 is 23.8 Å². The predicted molar refractivity (Wildman–Crippen MR) is 84.8 cm³/mol. The highest BCUT2D eigenvalue weighted by molar-refractivity contribution is 9.10. The average Bonchev–Trinajstić information content (AvgIpc) is 2.94. The van der Waals surface area contributed by atoms with Crippen molar-refractivity contribution in [3.63, 3.8) is 0 Å². The Kier molecular flexibility index (Phi) is 5.71. The number of rotatable bonds is 5. The fraction of sp³-hybridized carbons (Fsp3) is 0.375. The third-order valence-electron chi connectivity index (χ3n) is 3.41. The van der Waals surface area contributed by atoms with Gasteiger partial charge in [0.25, 0.3) is 5.91 Å². The molecule has 4 nitrogen and oxygen atoms in total. The van der Waals surface area contributed by atoms with E-state index in [9.17, 15) is 14.0 Å². The first-order valence-corrected chi connectivity index (χ1v) is 7.87. The Morgan fingerprint density at radius 3 is 2.91 bits per heavy atom. The van der Waals surface area contributed by atoms with Crippen LogP contribution in [-0.4, -0.2) is 18.0 Å². The van der Waals surface area contributed by atoms with Crippen molar-refractivity contribution in [2.45, 2.75) is 32.3 Å². The van der Waals surface area contributed by atoms with Crippen molar-refractivity contribution in [1.29, 1.82) is 0 Å². The summed E-state index contributed by atoms with van der Waals surface area (Å²) in [5, 5.41) is 2.41. The van der Waals surface area contributed by atoms with E-state index in [-0.39, 0.29) is 18.0 Å². The van der Waals surface area contributed by atoms with Gasteiger partial charge in [0.05, 0.1) is 12.1 Å². The van der Waals surface area contributed by atoms with Crippen LogP contribution in [-0.2, 0) is 14.3 Å². The number of hydrogen-bond donors (Lipinski definition) is 1. The quantitative estimate of drug-likeness (QED) is 0.634. The number of benzene rings is 1. The number of carbonyl (C=O) groups is 2. The maximum Gasteiger partial charge on any atom is 0.307 e. The van der Waals surface area contributed by atoms with Gasteiger partial charge in [-0.25, -0.2) is 4.39 Å². The summed E-state index contributed by atoms with van der Waals surface area (Å²) in [7, 11) is 0. The minimum atomic E-state index is -0.971. The number of amides is 1. The van der Waals surface area contributed by atoms with E-state index in [1.807, 2.05) is 12.2 Å². The van der Waals surface area contributed by atoms with Gasteiger partial charge in [-0.15, -0.1) is 0 Å². The molecule has 0 bridgehead atoms. The van der Waals surface area contributed by atoms with Gasteiger partial charge in [-0.05, 0) is 43.9 Å². The molecular weight excluding hydrogens is 353 g/mol. The van der Waals surface area contributed by atoms with Crippen molar-refractivity contribution < 1.29 is 18.7 Å². The van der Waals surface area contributed by atoms with Crippen LogP contribution in [0.15, 0.2) is 34.8 Å². The van der Waals surface area contributed by atoms with Crippen LogP contribution in [0.2, 0.25) is 0 Å². The maximum atomic E-state index is 13.6. The number of hydrogen-bond acceptors (Lipinski definition) is 3. The monoisotopic (exact) mass is 369 g/mol. The lowest BCUT2D eigenvalue weighted by Crippen LogP contribution is -2.30. The van der Waals surface area contributed by atoms with Crippen molar-refractivity contribution >= 4 is 33.5 Å². The van der Waals surface area contributed by atoms with Gasteiger partial charge in [0.2, 0.25) is 0 Å². The fourth-order valence-electron chi connectivity index (χ4n) is 2.20. The van der Waals surface area contributed by atoms with Crippen molar-refractivity contribution in [2.75, 3.05) is 5.32 Å². The van der Waals surface area contributed by atoms with E-state index in [0.717, 1.165) is 12.8 Å². The molecule has 6 heteroatoms. The van der Waals surface area contributed by atoms with Crippen molar-refractivity contribution in [3.8, 4) is 0 Å². The van der Waals surface area contributed by atoms with Gasteiger partial charge in [-0.3, -0.25) is 9.59 Å². The molecule has 0 radical (unpaired) electrons. The van der Waals surface area contributed by atoms with Crippen LogP contribution in [0.1, 0.15) is 26.2 Å². The second-order valence-corrected chi connectivity index (χ2v) is 6.13. The molecule has 0 spiro atoms. The molecule has 22 heavy (non-hydrogen) atoms. The second-order valence-electron chi connectivity index (χ2n) is 5.22. The van der Waals surface area contributed by atoms with Crippen LogP contribution in [0.25, 0.3) is 0 Å². The smallest absolute Gasteiger partial charge is 0.307 e. The average molecular weight is 370 g/mol. The van der Waals surface area contributed by atoms with Crippen LogP contribution in [0.4, 0.5) is 10.1 Å². The zero-order valence-electron chi connectivity index (χ0n) is 12.1. The molecule has 1 aromatic rings. The Balaban J connectivity index is 1.85. The highest BCUT2D eigenvalue weighted by atomic mass is 79.9. The molecule has 0 aromatic heterocycles. The second kappa shape index (κ2) is 7.54. The zero-order valence-corrected chi connectivity index (χ0v) is 13.7. The molecule has 1 aromatic carbocycles. The third kappa shape index (κ3) is 4.66. The number of esters is 1. The van der Waals surface area contributed by atoms with Gasteiger partial charge >= 0.3 is 5.97 Å². The number of ether oxygens (including phenoxy) is 1. The predicted octanol–water partition coefficient (Wildman–Crippen LogP) is 3.81. The summed E-state index contributed by atoms with van der Waals surface area (Å²) in [6.07, 6.45) is 5.21. The summed E-state index contributed by atoms with van der Waals surface area (Å²) in [4.78, 5) is 23.7. The summed E-state index contributed by atoms with van der Waals surface area (Å²) < 4.78 is 19.3. The first kappa shape index (κ1) is 16.7. The van der Waals surface area contributed by atoms with Crippen LogP contribution in [0.5, 0.6) is 0 Å². The Labute approximate surface area is 136 Å². The number of halogens is 2. The van der Waals surface area contributed by atoms with Gasteiger partial charge < -0.3 is 10.1 Å². The fourth-order valence-corrected chi connectivity index (χ4v) is 2.54. The maximum absolute atomic E-state index is 13.6. The summed E-state index contributed by atoms with van der Waals surface area (Å²) in [6, 6.07) is 4.30. The molecule has 118 valence electrons. The first-order chi connectivity index (χ1) is 10.5. The Hall–Kier alpha value is -1.69. The van der Waals surface area contributed by atoms with E-state index in [1.54, 1.807) is 6.07 Å². The molecule has 0 saturated carbocycles. The number of carbonyl (C=O) groups excluding carboxylic acids is 2. The number of anilines is 1. The molecule has 0 fully saturated rings. The van der Waals surface area contributed by atoms with Crippen molar-refractivity contribution in [3.05, 3.63) is 40.6 Å². The van der Waals surface area contributed by atoms with E-state index in [4.69, 9.17) is 4.74 Å². The molecule has 0 unspecified atom stereocenters. The van der Waals surface area contributed by atoms with Crippen LogP contribution < -0.4 is 5.32 Å². The minimum absolute atomic E-state index is 0.0508. The lowest BCUT2D eigenvalue weighted by molar-refractivity contribution is -0.153. The summed E-state index contributed by atoms with van der Waals surface area (Å²) in [5.74, 6) is -1.35. The van der Waals surface area contributed by atoms with E-state index in [0.29, 0.717) is 4.47 Å². The summed E-state index contributed by atoms with van der Waals surface area (Å²) in [6.45, 7) is 1.47. The van der Waals surface area contributed by atoms with Gasteiger partial charge in [0, 0.05) is 4.47 Å². The molecule has 1 aliphatic carbocycles. The van der Waals surface area contributed by atoms with Gasteiger partial charge in [-0.2, -0.15) is 0 Å². The highest BCUT2D eigenvalue weighted by Crippen LogP contribution is 2.22. The minimum Gasteiger partial charge on any atom is -0.453 e. The number of nitrogens with one attached hydrogen (secondary N) is 1. The van der Waals surface area contributed by atoms with Crippen LogP contribution in [0, 0.1) is 11.7 Å². The molecule has 0 heterocycles. The van der Waals surface area contributed by atoms with Crippen LogP contribution in [0.3, 0.4) is 0 Å². The molecule has 0 saturated heterocycles. The van der Waals surface area contributed by atoms with E-state index in [2.05, 4.69) is 21.2 Å². The van der Waals surface area contributed by atoms with Crippen molar-refractivity contribution in [1.82, 2.24) is 0 Å². The van der Waals surface area contributed by atoms with Gasteiger partial charge in [0.15, 0.2) is 6.10 Å². The largest absolute Gasteiger partial charge is 0.453 e. The third-order valence-corrected chi connectivity index (χ3v) is 3.90. The molecule has 2 rings (SSSR count). The van der Waals surface area contributed by atoms with E-state index >= 15 is 0 Å². The lowest BCUT2D eigenvalue weighted by Gasteiger charge is -2.15. The summed E-state index contributed by atoms with van der Waals surface area (Å²) >= 11 is 3.14. The Morgan fingerprint density at radius 1 is 1.50 bits per heavy atom. The highest BCUT2D eigenvalue weighted by Gasteiger charge is 2.21. The molecule has 1 N–H and O–H groups in total. The van der Waals surface area contributed by atoms with Crippen LogP contribution >= 0.6 is 15.9 Å². The standard InChI is InChI=1S/C16H17BrFNO3/c1-10(22-15(20)8-11-4-2-3-5-11)16(21)19-14-7-6-12(17)9-13(14)18/h2,4,6-7,9-11H,3,5,8H2,1H3,(H,19,21)/t10-,11-/m1/s1. The topological polar surface area (TPSA) is 55.4 Å². The molecule has 0 aliphatic heterocycles. The first-order valence-electron chi connectivity index (χ1n) is 7.08. The number of allylic oxidation sites excluding steroid dienone is 2. The molecule has 1 aliphatic rings. The molecular formula is C16H17BrFNO3. The normalized spacial score (nSPS) is 18.0. The zero-order chi connectivity index (χ0) is 16.1. The Morgan fingerprint density at radius 2 is 2.27 bits per heavy atom. The van der Waals surface area contributed by atoms with Gasteiger partial charge in [-0.1, -0.05) is 28.1 Å². The molecule has 2 atom stereocenters. The summed E-state index contributed by atoms with van der Waals surface area (Å²) in [5.41, 5.74) is 0.0508. The van der Waals surface area contributed by atoms with Gasteiger partial charge in [0.1, 0.15) is 5.82 Å². The molecule has 1 amide bonds. The van der Waals surface area contributed by atoms with Crippen molar-refractivity contribution in [2.24, 2.45) is 5.92 Å². The lowest BCUT2D eigenvalue weighted by atomic mass is 10.1. The van der Waals surface area contributed by atoms with E-state index in [1.165, 1.54) is 19.1 Å². The Bertz CT molecular complexity index is 603.